The first-order valence-electron chi connectivity index (χ1n) is 6.13. The molecule has 1 atom stereocenters. The molecule has 1 aliphatic rings. The third-order valence-corrected chi connectivity index (χ3v) is 5.77. The van der Waals surface area contributed by atoms with Crippen LogP contribution in [0.1, 0.15) is 33.6 Å². The maximum absolute atomic E-state index is 12.3. The van der Waals surface area contributed by atoms with Gasteiger partial charge in [0.1, 0.15) is 10.5 Å². The maximum Gasteiger partial charge on any atom is 0.243 e. The molecule has 104 valence electrons. The van der Waals surface area contributed by atoms with Gasteiger partial charge in [0.2, 0.25) is 5.91 Å². The average molecular weight is 275 g/mol. The Labute approximate surface area is 108 Å². The van der Waals surface area contributed by atoms with Crippen molar-refractivity contribution in [3.05, 3.63) is 0 Å². The predicted molar refractivity (Wildman–Crippen MR) is 68.9 cm³/mol. The van der Waals surface area contributed by atoms with Crippen molar-refractivity contribution in [2.45, 2.75) is 38.4 Å². The second-order valence-electron chi connectivity index (χ2n) is 5.36. The number of Topliss-reactive ketones (excluding diaryl/α,β-unsaturated/α-hetero) is 1. The van der Waals surface area contributed by atoms with E-state index in [4.69, 9.17) is 0 Å². The van der Waals surface area contributed by atoms with Crippen LogP contribution in [0.2, 0.25) is 0 Å². The normalized spacial score (nSPS) is 22.1. The zero-order chi connectivity index (χ0) is 14.1. The number of carbonyl (C=O) groups excluding carboxylic acids is 2. The van der Waals surface area contributed by atoms with Gasteiger partial charge in [-0.25, -0.2) is 8.42 Å². The second-order valence-corrected chi connectivity index (χ2v) is 7.92. The average Bonchev–Trinajstić information content (AvgIpc) is 2.27. The molecule has 18 heavy (non-hydrogen) atoms. The molecule has 0 spiro atoms. The monoisotopic (exact) mass is 275 g/mol. The largest absolute Gasteiger partial charge is 0.340 e. The molecule has 0 saturated carbocycles. The Hall–Kier alpha value is -0.910. The lowest BCUT2D eigenvalue weighted by molar-refractivity contribution is -0.138. The first-order chi connectivity index (χ1) is 8.11. The molecule has 0 bridgehead atoms. The quantitative estimate of drug-likeness (QED) is 0.757. The van der Waals surface area contributed by atoms with Crippen molar-refractivity contribution in [2.24, 2.45) is 5.92 Å². The van der Waals surface area contributed by atoms with E-state index in [1.807, 2.05) is 6.92 Å². The molecule has 1 fully saturated rings. The van der Waals surface area contributed by atoms with Gasteiger partial charge >= 0.3 is 0 Å². The van der Waals surface area contributed by atoms with Crippen LogP contribution in [-0.2, 0) is 19.4 Å². The summed E-state index contributed by atoms with van der Waals surface area (Å²) in [5.74, 6) is -0.396. The number of carbonyl (C=O) groups is 2. The molecule has 0 radical (unpaired) electrons. The Kier molecular flexibility index (Phi) is 4.20. The molecule has 0 aliphatic carbocycles. The highest BCUT2D eigenvalue weighted by Gasteiger charge is 2.43. The molecule has 0 N–H and O–H groups in total. The van der Waals surface area contributed by atoms with Gasteiger partial charge in [0.15, 0.2) is 9.84 Å². The van der Waals surface area contributed by atoms with Gasteiger partial charge in [0, 0.05) is 31.7 Å². The van der Waals surface area contributed by atoms with Gasteiger partial charge in [-0.05, 0) is 20.3 Å². The summed E-state index contributed by atoms with van der Waals surface area (Å²) >= 11 is 0. The highest BCUT2D eigenvalue weighted by molar-refractivity contribution is 7.92. The minimum Gasteiger partial charge on any atom is -0.340 e. The van der Waals surface area contributed by atoms with Crippen molar-refractivity contribution in [1.82, 2.24) is 4.90 Å². The number of likely N-dealkylation sites (tertiary alicyclic amines) is 1. The Morgan fingerprint density at radius 2 is 2.00 bits per heavy atom. The van der Waals surface area contributed by atoms with Gasteiger partial charge in [0.05, 0.1) is 0 Å². The van der Waals surface area contributed by atoms with Crippen LogP contribution in [0.5, 0.6) is 0 Å². The SMILES string of the molecule is CCC1CN(C(=O)C(C)(C)S(C)(=O)=O)CCC1=O. The Balaban J connectivity index is 2.90. The van der Waals surface area contributed by atoms with E-state index >= 15 is 0 Å². The van der Waals surface area contributed by atoms with Crippen LogP contribution in [0.3, 0.4) is 0 Å². The highest BCUT2D eigenvalue weighted by atomic mass is 32.2. The summed E-state index contributed by atoms with van der Waals surface area (Å²) in [5.41, 5.74) is 0. The van der Waals surface area contributed by atoms with Crippen molar-refractivity contribution in [3.63, 3.8) is 0 Å². The fourth-order valence-corrected chi connectivity index (χ4v) is 2.44. The summed E-state index contributed by atoms with van der Waals surface area (Å²) in [5, 5.41) is 0. The number of sulfone groups is 1. The molecule has 5 nitrogen and oxygen atoms in total. The van der Waals surface area contributed by atoms with Crippen molar-refractivity contribution < 1.29 is 18.0 Å². The first kappa shape index (κ1) is 15.1. The molecular weight excluding hydrogens is 254 g/mol. The van der Waals surface area contributed by atoms with Gasteiger partial charge in [-0.15, -0.1) is 0 Å². The summed E-state index contributed by atoms with van der Waals surface area (Å²) in [6, 6.07) is 0. The van der Waals surface area contributed by atoms with E-state index in [9.17, 15) is 18.0 Å². The number of amides is 1. The molecule has 1 heterocycles. The molecule has 1 unspecified atom stereocenters. The number of hydrogen-bond donors (Lipinski definition) is 0. The van der Waals surface area contributed by atoms with Crippen LogP contribution in [0.25, 0.3) is 0 Å². The first-order valence-corrected chi connectivity index (χ1v) is 8.02. The second kappa shape index (κ2) is 4.99. The molecule has 1 saturated heterocycles. The summed E-state index contributed by atoms with van der Waals surface area (Å²) in [4.78, 5) is 25.4. The van der Waals surface area contributed by atoms with E-state index in [1.54, 1.807) is 0 Å². The summed E-state index contributed by atoms with van der Waals surface area (Å²) < 4.78 is 21.9. The molecule has 1 amide bonds. The topological polar surface area (TPSA) is 71.5 Å². The van der Waals surface area contributed by atoms with Crippen LogP contribution in [0.15, 0.2) is 0 Å². The van der Waals surface area contributed by atoms with Crippen molar-refractivity contribution in [3.8, 4) is 0 Å². The predicted octanol–water partition coefficient (Wildman–Crippen LogP) is 0.637. The van der Waals surface area contributed by atoms with Crippen LogP contribution in [0.4, 0.5) is 0 Å². The minimum atomic E-state index is -3.46. The maximum atomic E-state index is 12.3. The van der Waals surface area contributed by atoms with Crippen LogP contribution >= 0.6 is 0 Å². The zero-order valence-electron chi connectivity index (χ0n) is 11.4. The third kappa shape index (κ3) is 2.74. The van der Waals surface area contributed by atoms with E-state index in [1.165, 1.54) is 18.7 Å². The number of rotatable bonds is 3. The number of nitrogens with zero attached hydrogens (tertiary/aromatic N) is 1. The van der Waals surface area contributed by atoms with Crippen molar-refractivity contribution in [1.29, 1.82) is 0 Å². The van der Waals surface area contributed by atoms with Crippen LogP contribution < -0.4 is 0 Å². The van der Waals surface area contributed by atoms with Gasteiger partial charge in [-0.1, -0.05) is 6.92 Å². The number of hydrogen-bond acceptors (Lipinski definition) is 4. The molecule has 6 heteroatoms. The van der Waals surface area contributed by atoms with E-state index in [0.717, 1.165) is 6.26 Å². The van der Waals surface area contributed by atoms with E-state index in [-0.39, 0.29) is 11.7 Å². The van der Waals surface area contributed by atoms with Gasteiger partial charge < -0.3 is 4.90 Å². The Morgan fingerprint density at radius 1 is 1.44 bits per heavy atom. The fourth-order valence-electron chi connectivity index (χ4n) is 1.99. The number of ketones is 1. The van der Waals surface area contributed by atoms with Crippen molar-refractivity contribution >= 4 is 21.5 Å². The summed E-state index contributed by atoms with van der Waals surface area (Å²) in [7, 11) is -3.46. The van der Waals surface area contributed by atoms with E-state index in [0.29, 0.717) is 25.9 Å². The van der Waals surface area contributed by atoms with Gasteiger partial charge in [-0.2, -0.15) is 0 Å². The molecule has 1 rings (SSSR count). The molecule has 0 aromatic heterocycles. The molecular formula is C12H21NO4S. The third-order valence-electron chi connectivity index (χ3n) is 3.75. The molecule has 0 aromatic carbocycles. The molecule has 1 aliphatic heterocycles. The summed E-state index contributed by atoms with van der Waals surface area (Å²) in [6.07, 6.45) is 2.07. The lowest BCUT2D eigenvalue weighted by Gasteiger charge is -2.35. The standard InChI is InChI=1S/C12H21NO4S/c1-5-9-8-13(7-6-10(9)14)11(15)12(2,3)18(4,16)17/h9H,5-8H2,1-4H3. The fraction of sp³-hybridized carbons (Fsp3) is 0.833. The Morgan fingerprint density at radius 3 is 2.44 bits per heavy atom. The number of piperidine rings is 1. The van der Waals surface area contributed by atoms with Gasteiger partial charge in [-0.3, -0.25) is 9.59 Å². The summed E-state index contributed by atoms with van der Waals surface area (Å²) in [6.45, 7) is 5.41. The zero-order valence-corrected chi connectivity index (χ0v) is 12.2. The van der Waals surface area contributed by atoms with E-state index in [2.05, 4.69) is 0 Å². The lowest BCUT2D eigenvalue weighted by Crippen LogP contribution is -2.54. The van der Waals surface area contributed by atoms with E-state index < -0.39 is 20.5 Å². The van der Waals surface area contributed by atoms with Crippen molar-refractivity contribution in [2.75, 3.05) is 19.3 Å². The van der Waals surface area contributed by atoms with Crippen LogP contribution in [-0.4, -0.2) is 49.1 Å². The smallest absolute Gasteiger partial charge is 0.243 e. The minimum absolute atomic E-state index is 0.155. The Bertz CT molecular complexity index is 453. The van der Waals surface area contributed by atoms with Gasteiger partial charge in [0.25, 0.3) is 0 Å². The highest BCUT2D eigenvalue weighted by Crippen LogP contribution is 2.23. The molecule has 0 aromatic rings. The lowest BCUT2D eigenvalue weighted by atomic mass is 9.93. The van der Waals surface area contributed by atoms with Crippen LogP contribution in [0, 0.1) is 5.92 Å².